The highest BCUT2D eigenvalue weighted by Crippen LogP contribution is 2.19. The van der Waals surface area contributed by atoms with Gasteiger partial charge >= 0.3 is 12.1 Å². The van der Waals surface area contributed by atoms with E-state index in [9.17, 15) is 9.59 Å². The first-order valence-corrected chi connectivity index (χ1v) is 9.46. The molecular weight excluding hydrogens is 360 g/mol. The second-order valence-electron chi connectivity index (χ2n) is 6.98. The third-order valence-corrected chi connectivity index (χ3v) is 5.09. The van der Waals surface area contributed by atoms with Crippen molar-refractivity contribution in [1.29, 1.82) is 0 Å². The van der Waals surface area contributed by atoms with Crippen LogP contribution in [0.25, 0.3) is 5.69 Å². The third kappa shape index (κ3) is 3.85. The van der Waals surface area contributed by atoms with E-state index in [1.807, 2.05) is 43.5 Å². The van der Waals surface area contributed by atoms with Crippen molar-refractivity contribution in [2.45, 2.75) is 38.1 Å². The molecule has 148 valence electrons. The zero-order valence-corrected chi connectivity index (χ0v) is 15.7. The predicted octanol–water partition coefficient (Wildman–Crippen LogP) is 1.72. The highest BCUT2D eigenvalue weighted by atomic mass is 16.5. The lowest BCUT2D eigenvalue weighted by Crippen LogP contribution is -2.70. The maximum atomic E-state index is 12.5. The van der Waals surface area contributed by atoms with Gasteiger partial charge in [-0.2, -0.15) is 5.10 Å². The van der Waals surface area contributed by atoms with Crippen LogP contribution in [0.5, 0.6) is 0 Å². The second kappa shape index (κ2) is 7.99. The highest BCUT2D eigenvalue weighted by molar-refractivity contribution is 5.96. The number of ether oxygens (including phenoxy) is 1. The van der Waals surface area contributed by atoms with Crippen molar-refractivity contribution in [3.05, 3.63) is 48.3 Å². The van der Waals surface area contributed by atoms with Crippen LogP contribution in [0.3, 0.4) is 0 Å². The van der Waals surface area contributed by atoms with E-state index in [4.69, 9.17) is 4.74 Å². The van der Waals surface area contributed by atoms with Gasteiger partial charge in [-0.15, -0.1) is 0 Å². The summed E-state index contributed by atoms with van der Waals surface area (Å²) in [6.07, 6.45) is 4.29. The summed E-state index contributed by atoms with van der Waals surface area (Å²) in [6.45, 7) is 3.10. The Morgan fingerprint density at radius 1 is 1.18 bits per heavy atom. The zero-order chi connectivity index (χ0) is 19.5. The number of carbonyl (C=O) groups is 2. The van der Waals surface area contributed by atoms with E-state index < -0.39 is 6.29 Å². The van der Waals surface area contributed by atoms with Gasteiger partial charge in [-0.05, 0) is 43.5 Å². The smallest absolute Gasteiger partial charge is 0.328 e. The summed E-state index contributed by atoms with van der Waals surface area (Å²) in [4.78, 5) is 26.3. The SMILES string of the molecule is C[C@H](NC1NC(=O)N(C2CCOCC2)C(=O)N1)c1cccc(-n2cccn2)c1. The predicted molar refractivity (Wildman–Crippen MR) is 102 cm³/mol. The summed E-state index contributed by atoms with van der Waals surface area (Å²) in [5, 5.41) is 13.1. The number of carbonyl (C=O) groups excluding carboxylic acids is 2. The van der Waals surface area contributed by atoms with Crippen LogP contribution in [0.15, 0.2) is 42.7 Å². The first kappa shape index (κ1) is 18.5. The molecule has 2 fully saturated rings. The first-order chi connectivity index (χ1) is 13.6. The van der Waals surface area contributed by atoms with Crippen LogP contribution >= 0.6 is 0 Å². The van der Waals surface area contributed by atoms with Gasteiger partial charge in [-0.3, -0.25) is 5.32 Å². The van der Waals surface area contributed by atoms with Crippen molar-refractivity contribution in [3.63, 3.8) is 0 Å². The van der Waals surface area contributed by atoms with Crippen LogP contribution in [-0.2, 0) is 4.74 Å². The van der Waals surface area contributed by atoms with Gasteiger partial charge in [-0.1, -0.05) is 12.1 Å². The fourth-order valence-electron chi connectivity index (χ4n) is 3.58. The van der Waals surface area contributed by atoms with Gasteiger partial charge in [-0.25, -0.2) is 19.2 Å². The van der Waals surface area contributed by atoms with E-state index in [1.165, 1.54) is 4.90 Å². The molecule has 2 saturated heterocycles. The Bertz CT molecular complexity index is 816. The summed E-state index contributed by atoms with van der Waals surface area (Å²) in [5.74, 6) is 0. The summed E-state index contributed by atoms with van der Waals surface area (Å²) in [5.41, 5.74) is 1.96. The number of urea groups is 2. The molecule has 4 rings (SSSR count). The minimum absolute atomic E-state index is 0.101. The van der Waals surface area contributed by atoms with Gasteiger partial charge in [0.15, 0.2) is 6.29 Å². The quantitative estimate of drug-likeness (QED) is 0.729. The minimum atomic E-state index is -0.639. The largest absolute Gasteiger partial charge is 0.381 e. The van der Waals surface area contributed by atoms with E-state index in [0.717, 1.165) is 11.3 Å². The molecule has 9 nitrogen and oxygen atoms in total. The molecule has 0 radical (unpaired) electrons. The fourth-order valence-corrected chi connectivity index (χ4v) is 3.58. The van der Waals surface area contributed by atoms with Gasteiger partial charge in [0.05, 0.1) is 5.69 Å². The summed E-state index contributed by atoms with van der Waals surface area (Å²) in [7, 11) is 0. The molecule has 2 aromatic rings. The summed E-state index contributed by atoms with van der Waals surface area (Å²) >= 11 is 0. The lowest BCUT2D eigenvalue weighted by molar-refractivity contribution is 0.0492. The summed E-state index contributed by atoms with van der Waals surface area (Å²) < 4.78 is 7.10. The van der Waals surface area contributed by atoms with Gasteiger partial charge in [0.1, 0.15) is 0 Å². The van der Waals surface area contributed by atoms with Crippen molar-refractivity contribution in [2.24, 2.45) is 0 Å². The van der Waals surface area contributed by atoms with Crippen LogP contribution in [0.2, 0.25) is 0 Å². The second-order valence-corrected chi connectivity index (χ2v) is 6.98. The normalized spacial score (nSPS) is 20.0. The standard InChI is InChI=1S/C19H24N6O3/c1-13(14-4-2-5-16(12-14)24-9-3-8-20-24)21-17-22-18(26)25(19(27)23-17)15-6-10-28-11-7-15/h2-5,8-9,12-13,15,17,21H,6-7,10-11H2,1H3,(H,22,26)(H,23,27)/t13-/m0/s1. The van der Waals surface area contributed by atoms with Crippen LogP contribution in [0.1, 0.15) is 31.4 Å². The molecule has 2 aliphatic rings. The van der Waals surface area contributed by atoms with Gasteiger partial charge in [0.25, 0.3) is 0 Å². The first-order valence-electron chi connectivity index (χ1n) is 9.46. The summed E-state index contributed by atoms with van der Waals surface area (Å²) in [6, 6.07) is 8.81. The van der Waals surface area contributed by atoms with E-state index in [-0.39, 0.29) is 24.1 Å². The number of amides is 4. The molecule has 1 aromatic carbocycles. The molecule has 0 aliphatic carbocycles. The molecule has 0 unspecified atom stereocenters. The Kier molecular flexibility index (Phi) is 5.27. The lowest BCUT2D eigenvalue weighted by Gasteiger charge is -2.39. The van der Waals surface area contributed by atoms with E-state index in [1.54, 1.807) is 10.9 Å². The Labute approximate surface area is 163 Å². The number of imide groups is 1. The zero-order valence-electron chi connectivity index (χ0n) is 15.7. The Hall–Kier alpha value is -2.91. The molecule has 2 aliphatic heterocycles. The highest BCUT2D eigenvalue weighted by Gasteiger charge is 2.37. The molecule has 4 amide bonds. The third-order valence-electron chi connectivity index (χ3n) is 5.09. The molecule has 3 heterocycles. The van der Waals surface area contributed by atoms with Gasteiger partial charge < -0.3 is 15.4 Å². The number of rotatable bonds is 5. The number of nitrogens with zero attached hydrogens (tertiary/aromatic N) is 3. The maximum Gasteiger partial charge on any atom is 0.328 e. The van der Waals surface area contributed by atoms with Gasteiger partial charge in [0, 0.05) is 37.7 Å². The molecule has 1 atom stereocenters. The number of aromatic nitrogens is 2. The van der Waals surface area contributed by atoms with Crippen molar-refractivity contribution < 1.29 is 14.3 Å². The average molecular weight is 384 g/mol. The van der Waals surface area contributed by atoms with Crippen LogP contribution in [0.4, 0.5) is 9.59 Å². The Morgan fingerprint density at radius 3 is 2.61 bits per heavy atom. The van der Waals surface area contributed by atoms with Crippen molar-refractivity contribution in [2.75, 3.05) is 13.2 Å². The molecule has 28 heavy (non-hydrogen) atoms. The van der Waals surface area contributed by atoms with Gasteiger partial charge in [0.2, 0.25) is 0 Å². The van der Waals surface area contributed by atoms with E-state index >= 15 is 0 Å². The number of hydrogen-bond acceptors (Lipinski definition) is 5. The topological polar surface area (TPSA) is 101 Å². The molecule has 0 bridgehead atoms. The number of benzene rings is 1. The van der Waals surface area contributed by atoms with Crippen LogP contribution in [0, 0.1) is 0 Å². The molecule has 0 spiro atoms. The van der Waals surface area contributed by atoms with Crippen molar-refractivity contribution in [1.82, 2.24) is 30.6 Å². The lowest BCUT2D eigenvalue weighted by atomic mass is 10.1. The molecule has 1 aromatic heterocycles. The average Bonchev–Trinajstić information content (AvgIpc) is 3.23. The van der Waals surface area contributed by atoms with Crippen molar-refractivity contribution >= 4 is 12.1 Å². The van der Waals surface area contributed by atoms with Crippen LogP contribution in [-0.4, -0.2) is 52.3 Å². The fraction of sp³-hybridized carbons (Fsp3) is 0.421. The van der Waals surface area contributed by atoms with Crippen molar-refractivity contribution in [3.8, 4) is 5.69 Å². The van der Waals surface area contributed by atoms with Crippen LogP contribution < -0.4 is 16.0 Å². The Balaban J connectivity index is 1.40. The molecule has 0 saturated carbocycles. The molecule has 9 heteroatoms. The maximum absolute atomic E-state index is 12.5. The monoisotopic (exact) mass is 384 g/mol. The Morgan fingerprint density at radius 2 is 1.93 bits per heavy atom. The number of hydrogen-bond donors (Lipinski definition) is 3. The molecular formula is C19H24N6O3. The number of nitrogens with one attached hydrogen (secondary N) is 3. The van der Waals surface area contributed by atoms with E-state index in [0.29, 0.717) is 26.1 Å². The van der Waals surface area contributed by atoms with E-state index in [2.05, 4.69) is 21.0 Å². The minimum Gasteiger partial charge on any atom is -0.381 e. The molecule has 3 N–H and O–H groups in total.